The lowest BCUT2D eigenvalue weighted by atomic mass is 10.2. The van der Waals surface area contributed by atoms with Crippen LogP contribution >= 0.6 is 0 Å². The Bertz CT molecular complexity index is 780. The molecule has 0 bridgehead atoms. The van der Waals surface area contributed by atoms with Crippen molar-refractivity contribution in [2.45, 2.75) is 111 Å². The summed E-state index contributed by atoms with van der Waals surface area (Å²) in [5, 5.41) is 0. The van der Waals surface area contributed by atoms with Crippen LogP contribution in [-0.4, -0.2) is 0 Å². The first-order valence-corrected chi connectivity index (χ1v) is 15.5. The Hall–Kier alpha value is -3.12. The summed E-state index contributed by atoms with van der Waals surface area (Å²) in [5.74, 6) is 0. The molecule has 0 spiro atoms. The van der Waals surface area contributed by atoms with Crippen LogP contribution in [0.25, 0.3) is 0 Å². The predicted molar refractivity (Wildman–Crippen MR) is 191 cm³/mol. The highest BCUT2D eigenvalue weighted by atomic mass is 13.9. The number of aryl methyl sites for hydroxylation is 6. The first kappa shape index (κ1) is 46.7. The third-order valence-corrected chi connectivity index (χ3v) is 4.32. The average Bonchev–Trinajstić information content (AvgIpc) is 3.03. The molecular weight excluding hydrogens is 480 g/mol. The van der Waals surface area contributed by atoms with Gasteiger partial charge >= 0.3 is 0 Å². The van der Waals surface area contributed by atoms with Crippen molar-refractivity contribution in [1.29, 1.82) is 0 Å². The van der Waals surface area contributed by atoms with Gasteiger partial charge in [-0.3, -0.25) is 0 Å². The molecule has 0 amide bonds. The van der Waals surface area contributed by atoms with Gasteiger partial charge in [-0.25, -0.2) is 0 Å². The second-order valence-corrected chi connectivity index (χ2v) is 7.62. The van der Waals surface area contributed by atoms with Crippen LogP contribution in [0.1, 0.15) is 103 Å². The molecule has 0 nitrogen and oxygen atoms in total. The minimum Gasteiger partial charge on any atom is -0.0683 e. The molecule has 0 unspecified atom stereocenters. The minimum atomic E-state index is 1.32. The Morgan fingerprint density at radius 2 is 0.325 bits per heavy atom. The summed E-state index contributed by atoms with van der Waals surface area (Å²) < 4.78 is 0. The third kappa shape index (κ3) is 37.0. The van der Waals surface area contributed by atoms with Crippen LogP contribution in [0.15, 0.2) is 109 Å². The highest BCUT2D eigenvalue weighted by Crippen LogP contribution is 2.00. The van der Waals surface area contributed by atoms with E-state index in [4.69, 9.17) is 0 Å². The van der Waals surface area contributed by atoms with Crippen LogP contribution in [0.3, 0.4) is 0 Å². The second-order valence-electron chi connectivity index (χ2n) is 7.62. The molecule has 0 heteroatoms. The molecule has 0 aliphatic heterocycles. The van der Waals surface area contributed by atoms with Gasteiger partial charge in [0.05, 0.1) is 0 Å². The van der Waals surface area contributed by atoms with Gasteiger partial charge in [0.1, 0.15) is 0 Å². The van der Waals surface area contributed by atoms with Crippen molar-refractivity contribution >= 4 is 0 Å². The van der Waals surface area contributed by atoms with E-state index in [2.05, 4.69) is 114 Å². The first-order valence-electron chi connectivity index (χ1n) is 15.5. The maximum Gasteiger partial charge on any atom is -0.0398 e. The maximum absolute atomic E-state index is 2.12. The van der Waals surface area contributed by atoms with Crippen LogP contribution in [0.2, 0.25) is 0 Å². The molecule has 226 valence electrons. The Labute approximate surface area is 252 Å². The molecule has 0 aliphatic rings. The van der Waals surface area contributed by atoms with E-state index >= 15 is 0 Å². The lowest BCUT2D eigenvalue weighted by molar-refractivity contribution is 1.40. The molecule has 0 saturated carbocycles. The summed E-state index contributed by atoms with van der Waals surface area (Å²) in [7, 11) is 0. The molecule has 0 fully saturated rings. The highest BCUT2D eigenvalue weighted by molar-refractivity contribution is 5.20. The summed E-state index contributed by atoms with van der Waals surface area (Å²) in [6, 6.07) is 37.5. The van der Waals surface area contributed by atoms with E-state index in [9.17, 15) is 0 Å². The van der Waals surface area contributed by atoms with E-state index in [1.165, 1.54) is 33.4 Å². The zero-order chi connectivity index (χ0) is 32.2. The van der Waals surface area contributed by atoms with Crippen molar-refractivity contribution in [3.8, 4) is 0 Å². The summed E-state index contributed by atoms with van der Waals surface area (Å²) in [4.78, 5) is 0. The summed E-state index contributed by atoms with van der Waals surface area (Å²) in [5.41, 5.74) is 7.96. The van der Waals surface area contributed by atoms with Gasteiger partial charge in [0, 0.05) is 0 Å². The second kappa shape index (κ2) is 40.4. The average molecular weight is 547 g/mol. The third-order valence-electron chi connectivity index (χ3n) is 4.32. The Balaban J connectivity index is -0.000000123. The number of rotatable bonds is 0. The molecule has 0 radical (unpaired) electrons. The molecule has 0 heterocycles. The first-order chi connectivity index (χ1) is 19.4. The van der Waals surface area contributed by atoms with Crippen LogP contribution in [0, 0.1) is 41.5 Å². The molecule has 4 aromatic carbocycles. The van der Waals surface area contributed by atoms with E-state index < -0.39 is 0 Å². The molecular formula is C40H66. The Morgan fingerprint density at radius 1 is 0.200 bits per heavy atom. The van der Waals surface area contributed by atoms with Crippen molar-refractivity contribution in [1.82, 2.24) is 0 Å². The predicted octanol–water partition coefficient (Wildman–Crippen LogP) is 13.7. The van der Waals surface area contributed by atoms with Crippen molar-refractivity contribution in [3.63, 3.8) is 0 Å². The van der Waals surface area contributed by atoms with Crippen molar-refractivity contribution in [2.75, 3.05) is 0 Å². The van der Waals surface area contributed by atoms with E-state index in [0.29, 0.717) is 0 Å². The molecule has 0 N–H and O–H groups in total. The van der Waals surface area contributed by atoms with Gasteiger partial charge in [0.2, 0.25) is 0 Å². The van der Waals surface area contributed by atoms with E-state index in [0.717, 1.165) is 0 Å². The van der Waals surface area contributed by atoms with E-state index in [-0.39, 0.29) is 0 Å². The smallest absolute Gasteiger partial charge is 0.0398 e. The molecule has 4 rings (SSSR count). The molecule has 0 aromatic heterocycles. The van der Waals surface area contributed by atoms with Crippen molar-refractivity contribution in [2.24, 2.45) is 0 Å². The fraction of sp³-hybridized carbons (Fsp3) is 0.400. The van der Waals surface area contributed by atoms with Gasteiger partial charge < -0.3 is 0 Å². The van der Waals surface area contributed by atoms with E-state index in [1.807, 2.05) is 106 Å². The highest BCUT2D eigenvalue weighted by Gasteiger charge is 1.80. The van der Waals surface area contributed by atoms with Crippen LogP contribution in [0.4, 0.5) is 0 Å². The molecule has 40 heavy (non-hydrogen) atoms. The van der Waals surface area contributed by atoms with Crippen molar-refractivity contribution in [3.05, 3.63) is 143 Å². The minimum absolute atomic E-state index is 1.32. The molecule has 0 saturated heterocycles. The lowest BCUT2D eigenvalue weighted by Gasteiger charge is -1.90. The number of hydrogen-bond donors (Lipinski definition) is 0. The fourth-order valence-electron chi connectivity index (χ4n) is 2.34. The maximum atomic E-state index is 2.12. The van der Waals surface area contributed by atoms with Crippen LogP contribution < -0.4 is 0 Å². The van der Waals surface area contributed by atoms with Gasteiger partial charge in [-0.1, -0.05) is 212 Å². The van der Waals surface area contributed by atoms with Gasteiger partial charge in [-0.15, -0.1) is 0 Å². The normalized spacial score (nSPS) is 7.50. The molecule has 4 aromatic rings. The standard InChI is InChI=1S/2C8H10.2C7H8.5C2H6/c2*1-7-3-5-8(2)6-4-7;2*1-7-5-3-2-4-6-7;5*1-2/h2*3-6H,1-2H3;2*2-6H,1H3;5*1-2H3. The van der Waals surface area contributed by atoms with Gasteiger partial charge in [-0.2, -0.15) is 0 Å². The summed E-state index contributed by atoms with van der Waals surface area (Å²) in [6.07, 6.45) is 0. The monoisotopic (exact) mass is 547 g/mol. The lowest BCUT2D eigenvalue weighted by Crippen LogP contribution is -1.70. The van der Waals surface area contributed by atoms with Crippen LogP contribution in [0.5, 0.6) is 0 Å². The molecule has 0 aliphatic carbocycles. The Morgan fingerprint density at radius 3 is 0.425 bits per heavy atom. The van der Waals surface area contributed by atoms with Crippen molar-refractivity contribution < 1.29 is 0 Å². The zero-order valence-corrected chi connectivity index (χ0v) is 29.4. The largest absolute Gasteiger partial charge is 0.0683 e. The van der Waals surface area contributed by atoms with Gasteiger partial charge in [0.25, 0.3) is 0 Å². The quantitative estimate of drug-likeness (QED) is 0.206. The number of hydrogen-bond acceptors (Lipinski definition) is 0. The van der Waals surface area contributed by atoms with Gasteiger partial charge in [-0.05, 0) is 41.5 Å². The number of benzene rings is 4. The SMILES string of the molecule is CC.CC.CC.CC.CC.Cc1ccc(C)cc1.Cc1ccc(C)cc1.Cc1ccccc1.Cc1ccccc1. The fourth-order valence-corrected chi connectivity index (χ4v) is 2.34. The topological polar surface area (TPSA) is 0 Å². The summed E-state index contributed by atoms with van der Waals surface area (Å²) in [6.45, 7) is 32.6. The Kier molecular flexibility index (Phi) is 47.2. The summed E-state index contributed by atoms with van der Waals surface area (Å²) >= 11 is 0. The van der Waals surface area contributed by atoms with Crippen LogP contribution in [-0.2, 0) is 0 Å². The zero-order valence-electron chi connectivity index (χ0n) is 29.4. The van der Waals surface area contributed by atoms with Gasteiger partial charge in [0.15, 0.2) is 0 Å². The van der Waals surface area contributed by atoms with E-state index in [1.54, 1.807) is 0 Å². The molecule has 0 atom stereocenters.